The zero-order valence-corrected chi connectivity index (χ0v) is 11.0. The number of nitro groups is 1. The summed E-state index contributed by atoms with van der Waals surface area (Å²) in [5.74, 6) is 0. The molecule has 0 bridgehead atoms. The highest BCUT2D eigenvalue weighted by Gasteiger charge is 2.29. The van der Waals surface area contributed by atoms with Gasteiger partial charge in [-0.15, -0.1) is 0 Å². The topological polar surface area (TPSA) is 69.2 Å². The van der Waals surface area contributed by atoms with Gasteiger partial charge in [0.15, 0.2) is 0 Å². The Morgan fingerprint density at radius 2 is 2.21 bits per heavy atom. The molecule has 0 radical (unpaired) electrons. The summed E-state index contributed by atoms with van der Waals surface area (Å²) in [5, 5.41) is 10.8. The zero-order chi connectivity index (χ0) is 14.5. The van der Waals surface area contributed by atoms with Crippen molar-refractivity contribution >= 4 is 5.69 Å². The Balaban J connectivity index is 3.40. The molecular weight excluding hydrogens is 240 g/mol. The van der Waals surface area contributed by atoms with Gasteiger partial charge in [-0.1, -0.05) is 50.4 Å². The third-order valence-electron chi connectivity index (χ3n) is 3.16. The van der Waals surface area contributed by atoms with E-state index in [0.29, 0.717) is 12.0 Å². The van der Waals surface area contributed by atoms with E-state index in [1.165, 1.54) is 12.1 Å². The van der Waals surface area contributed by atoms with Crippen LogP contribution in [0.3, 0.4) is 0 Å². The van der Waals surface area contributed by atoms with Crippen molar-refractivity contribution in [3.63, 3.8) is 0 Å². The largest absolute Gasteiger partial charge is 0.318 e. The fraction of sp³-hybridized carbons (Fsp3) is 0.200. The number of rotatable bonds is 6. The van der Waals surface area contributed by atoms with Gasteiger partial charge < -0.3 is 5.73 Å². The van der Waals surface area contributed by atoms with Gasteiger partial charge in [-0.25, -0.2) is 0 Å². The summed E-state index contributed by atoms with van der Waals surface area (Å²) < 4.78 is 0. The van der Waals surface area contributed by atoms with E-state index in [4.69, 9.17) is 5.73 Å². The lowest BCUT2D eigenvalue weighted by atomic mass is 9.80. The fourth-order valence-corrected chi connectivity index (χ4v) is 2.00. The molecule has 4 heteroatoms. The Labute approximate surface area is 113 Å². The van der Waals surface area contributed by atoms with Gasteiger partial charge in [-0.05, 0) is 17.6 Å². The molecule has 19 heavy (non-hydrogen) atoms. The highest BCUT2D eigenvalue weighted by molar-refractivity contribution is 5.45. The normalized spacial score (nSPS) is 14.5. The zero-order valence-electron chi connectivity index (χ0n) is 11.0. The maximum absolute atomic E-state index is 10.8. The minimum Gasteiger partial charge on any atom is -0.318 e. The van der Waals surface area contributed by atoms with Gasteiger partial charge in [0.1, 0.15) is 0 Å². The molecule has 2 N–H and O–H groups in total. The number of nitrogens with two attached hydrogens (primary N) is 1. The highest BCUT2D eigenvalue weighted by Crippen LogP contribution is 2.32. The number of nitro benzene ring substituents is 1. The summed E-state index contributed by atoms with van der Waals surface area (Å²) in [6.45, 7) is 9.32. The van der Waals surface area contributed by atoms with Gasteiger partial charge in [-0.3, -0.25) is 10.1 Å². The molecule has 0 aliphatic heterocycles. The van der Waals surface area contributed by atoms with Gasteiger partial charge in [0.05, 0.1) is 10.5 Å². The van der Waals surface area contributed by atoms with Crippen LogP contribution >= 0.6 is 0 Å². The molecule has 1 aromatic carbocycles. The van der Waals surface area contributed by atoms with Crippen LogP contribution in [0, 0.1) is 10.1 Å². The number of nitrogens with zero attached hydrogens (tertiary/aromatic N) is 1. The van der Waals surface area contributed by atoms with Crippen LogP contribution in [0.15, 0.2) is 61.2 Å². The molecule has 0 aliphatic rings. The van der Waals surface area contributed by atoms with Crippen molar-refractivity contribution in [3.05, 3.63) is 76.9 Å². The molecule has 0 aliphatic carbocycles. The molecule has 4 nitrogen and oxygen atoms in total. The van der Waals surface area contributed by atoms with Crippen LogP contribution in [0.2, 0.25) is 0 Å². The third kappa shape index (κ3) is 2.98. The van der Waals surface area contributed by atoms with Crippen molar-refractivity contribution in [2.75, 3.05) is 0 Å². The van der Waals surface area contributed by atoms with E-state index in [1.54, 1.807) is 30.4 Å². The number of hydrogen-bond acceptors (Lipinski definition) is 3. The number of benzene rings is 1. The third-order valence-corrected chi connectivity index (χ3v) is 3.16. The maximum atomic E-state index is 10.8. The SMILES string of the molecule is C=C/C=C(\C=C)C(N)(CC)c1cccc([N+](=O)[O-])c1. The molecule has 0 heterocycles. The quantitative estimate of drug-likeness (QED) is 0.482. The summed E-state index contributed by atoms with van der Waals surface area (Å²) in [7, 11) is 0. The Morgan fingerprint density at radius 3 is 2.68 bits per heavy atom. The number of non-ortho nitro benzene ring substituents is 1. The van der Waals surface area contributed by atoms with Crippen LogP contribution < -0.4 is 5.73 Å². The van der Waals surface area contributed by atoms with E-state index < -0.39 is 10.5 Å². The first-order valence-corrected chi connectivity index (χ1v) is 5.99. The summed E-state index contributed by atoms with van der Waals surface area (Å²) in [5.41, 5.74) is 7.12. The Kier molecular flexibility index (Phi) is 4.78. The molecule has 100 valence electrons. The molecule has 0 saturated carbocycles. The first-order chi connectivity index (χ1) is 8.99. The van der Waals surface area contributed by atoms with Crippen LogP contribution in [0.1, 0.15) is 18.9 Å². The minimum atomic E-state index is -0.804. The molecule has 0 amide bonds. The van der Waals surface area contributed by atoms with Crippen LogP contribution in [-0.4, -0.2) is 4.92 Å². The Bertz CT molecular complexity index is 535. The van der Waals surface area contributed by atoms with Crippen LogP contribution in [0.4, 0.5) is 5.69 Å². The fourth-order valence-electron chi connectivity index (χ4n) is 2.00. The Morgan fingerprint density at radius 1 is 1.53 bits per heavy atom. The van der Waals surface area contributed by atoms with Crippen LogP contribution in [0.25, 0.3) is 0 Å². The van der Waals surface area contributed by atoms with E-state index >= 15 is 0 Å². The summed E-state index contributed by atoms with van der Waals surface area (Å²) in [6.07, 6.45) is 5.66. The lowest BCUT2D eigenvalue weighted by Crippen LogP contribution is -2.37. The van der Waals surface area contributed by atoms with E-state index in [-0.39, 0.29) is 5.69 Å². The van der Waals surface area contributed by atoms with E-state index in [1.807, 2.05) is 6.92 Å². The molecule has 0 saturated heterocycles. The molecule has 1 rings (SSSR count). The number of hydrogen-bond donors (Lipinski definition) is 1. The maximum Gasteiger partial charge on any atom is 0.269 e. The van der Waals surface area contributed by atoms with Gasteiger partial charge in [-0.2, -0.15) is 0 Å². The summed E-state index contributed by atoms with van der Waals surface area (Å²) in [4.78, 5) is 10.4. The van der Waals surface area contributed by atoms with E-state index in [0.717, 1.165) is 5.57 Å². The smallest absolute Gasteiger partial charge is 0.269 e. The van der Waals surface area contributed by atoms with Crippen molar-refractivity contribution in [1.29, 1.82) is 0 Å². The Hall–Kier alpha value is -2.20. The molecule has 1 atom stereocenters. The predicted molar refractivity (Wildman–Crippen MR) is 77.7 cm³/mol. The van der Waals surface area contributed by atoms with Crippen molar-refractivity contribution in [2.24, 2.45) is 5.73 Å². The lowest BCUT2D eigenvalue weighted by molar-refractivity contribution is -0.385. The lowest BCUT2D eigenvalue weighted by Gasteiger charge is -2.30. The monoisotopic (exact) mass is 258 g/mol. The highest BCUT2D eigenvalue weighted by atomic mass is 16.6. The standard InChI is InChI=1S/C15H18N2O2/c1-4-8-12(5-2)15(16,6-3)13-9-7-10-14(11-13)17(18)19/h4-5,7-11H,1-2,6,16H2,3H3/b12-8+. The van der Waals surface area contributed by atoms with E-state index in [2.05, 4.69) is 13.2 Å². The molecule has 1 aromatic rings. The van der Waals surface area contributed by atoms with Crippen LogP contribution in [0.5, 0.6) is 0 Å². The summed E-state index contributed by atoms with van der Waals surface area (Å²) in [6, 6.07) is 6.38. The molecule has 0 fully saturated rings. The van der Waals surface area contributed by atoms with Gasteiger partial charge >= 0.3 is 0 Å². The molecule has 0 spiro atoms. The van der Waals surface area contributed by atoms with Crippen LogP contribution in [-0.2, 0) is 5.54 Å². The van der Waals surface area contributed by atoms with Gasteiger partial charge in [0.25, 0.3) is 5.69 Å². The molecule has 1 unspecified atom stereocenters. The summed E-state index contributed by atoms with van der Waals surface area (Å²) >= 11 is 0. The average Bonchev–Trinajstić information content (AvgIpc) is 2.44. The number of allylic oxidation sites excluding steroid dienone is 2. The van der Waals surface area contributed by atoms with Gasteiger partial charge in [0, 0.05) is 12.1 Å². The first-order valence-electron chi connectivity index (χ1n) is 5.99. The van der Waals surface area contributed by atoms with Crippen molar-refractivity contribution in [3.8, 4) is 0 Å². The van der Waals surface area contributed by atoms with Crippen molar-refractivity contribution in [1.82, 2.24) is 0 Å². The second kappa shape index (κ2) is 6.11. The predicted octanol–water partition coefficient (Wildman–Crippen LogP) is 3.46. The molecular formula is C15H18N2O2. The van der Waals surface area contributed by atoms with Gasteiger partial charge in [0.2, 0.25) is 0 Å². The second-order valence-electron chi connectivity index (χ2n) is 4.19. The second-order valence-corrected chi connectivity index (χ2v) is 4.19. The average molecular weight is 258 g/mol. The molecule has 0 aromatic heterocycles. The first kappa shape index (κ1) is 14.9. The minimum absolute atomic E-state index is 0.0304. The van der Waals surface area contributed by atoms with E-state index in [9.17, 15) is 10.1 Å². The van der Waals surface area contributed by atoms with Crippen molar-refractivity contribution < 1.29 is 4.92 Å². The van der Waals surface area contributed by atoms with Crippen molar-refractivity contribution in [2.45, 2.75) is 18.9 Å².